The van der Waals surface area contributed by atoms with Crippen LogP contribution in [0, 0.1) is 5.92 Å². The van der Waals surface area contributed by atoms with Crippen molar-refractivity contribution in [2.75, 3.05) is 19.8 Å². The van der Waals surface area contributed by atoms with E-state index in [-0.39, 0.29) is 5.91 Å². The molecule has 3 heterocycles. The van der Waals surface area contributed by atoms with Gasteiger partial charge >= 0.3 is 0 Å². The minimum atomic E-state index is 0.0842. The summed E-state index contributed by atoms with van der Waals surface area (Å²) >= 11 is 1.62. The fraction of sp³-hybridized carbons (Fsp3) is 0.615. The Hall–Kier alpha value is -0.910. The molecule has 1 aromatic rings. The number of ether oxygens (including phenoxy) is 1. The highest BCUT2D eigenvalue weighted by molar-refractivity contribution is 7.14. The molecule has 98 valence electrons. The monoisotopic (exact) mass is 266 g/mol. The minimum absolute atomic E-state index is 0.0842. The average Bonchev–Trinajstić information content (AvgIpc) is 2.98. The summed E-state index contributed by atoms with van der Waals surface area (Å²) in [5.41, 5.74) is 1.29. The summed E-state index contributed by atoms with van der Waals surface area (Å²) in [6, 6.07) is 2.03. The summed E-state index contributed by atoms with van der Waals surface area (Å²) in [6.07, 6.45) is 2.12. The van der Waals surface area contributed by atoms with Crippen LogP contribution in [-0.4, -0.2) is 25.7 Å². The van der Waals surface area contributed by atoms with Gasteiger partial charge in [0.25, 0.3) is 5.91 Å². The van der Waals surface area contributed by atoms with Gasteiger partial charge in [-0.3, -0.25) is 4.79 Å². The third-order valence-electron chi connectivity index (χ3n) is 3.61. The average molecular weight is 266 g/mol. The van der Waals surface area contributed by atoms with Gasteiger partial charge in [-0.2, -0.15) is 0 Å². The van der Waals surface area contributed by atoms with Crippen LogP contribution in [0.15, 0.2) is 6.07 Å². The molecular formula is C13H18N2O2S. The van der Waals surface area contributed by atoms with Gasteiger partial charge < -0.3 is 15.4 Å². The van der Waals surface area contributed by atoms with Gasteiger partial charge in [0.2, 0.25) is 0 Å². The molecule has 0 saturated carbocycles. The Morgan fingerprint density at radius 3 is 3.06 bits per heavy atom. The van der Waals surface area contributed by atoms with Gasteiger partial charge in [0.1, 0.15) is 0 Å². The maximum Gasteiger partial charge on any atom is 0.261 e. The zero-order valence-corrected chi connectivity index (χ0v) is 11.1. The molecular weight excluding hydrogens is 248 g/mol. The summed E-state index contributed by atoms with van der Waals surface area (Å²) in [6.45, 7) is 4.26. The van der Waals surface area contributed by atoms with Crippen molar-refractivity contribution in [2.24, 2.45) is 5.92 Å². The van der Waals surface area contributed by atoms with Crippen LogP contribution in [0.4, 0.5) is 0 Å². The smallest absolute Gasteiger partial charge is 0.261 e. The minimum Gasteiger partial charge on any atom is -0.381 e. The number of fused-ring (bicyclic) bond motifs is 1. The molecule has 5 heteroatoms. The van der Waals surface area contributed by atoms with E-state index in [2.05, 4.69) is 10.6 Å². The second-order valence-corrected chi connectivity index (χ2v) is 6.07. The van der Waals surface area contributed by atoms with Crippen molar-refractivity contribution in [1.82, 2.24) is 10.6 Å². The number of carbonyl (C=O) groups is 1. The SMILES string of the molecule is O=C(NCC1CCOCC1)c1cc2c(s1)CNC2. The first-order valence-electron chi connectivity index (χ1n) is 6.51. The molecule has 1 saturated heterocycles. The summed E-state index contributed by atoms with van der Waals surface area (Å²) in [5.74, 6) is 0.664. The second-order valence-electron chi connectivity index (χ2n) is 4.93. The lowest BCUT2D eigenvalue weighted by atomic mass is 10.0. The van der Waals surface area contributed by atoms with Crippen LogP contribution in [0.2, 0.25) is 0 Å². The van der Waals surface area contributed by atoms with E-state index >= 15 is 0 Å². The Bertz CT molecular complexity index is 417. The number of thiophene rings is 1. The molecule has 0 radical (unpaired) electrons. The van der Waals surface area contributed by atoms with Crippen molar-refractivity contribution in [1.29, 1.82) is 0 Å². The number of hydrogen-bond acceptors (Lipinski definition) is 4. The van der Waals surface area contributed by atoms with Crippen molar-refractivity contribution in [3.8, 4) is 0 Å². The molecule has 2 aliphatic rings. The number of rotatable bonds is 3. The fourth-order valence-electron chi connectivity index (χ4n) is 2.46. The van der Waals surface area contributed by atoms with E-state index in [0.717, 1.165) is 50.6 Å². The van der Waals surface area contributed by atoms with Gasteiger partial charge in [-0.05, 0) is 30.4 Å². The van der Waals surface area contributed by atoms with E-state index in [1.807, 2.05) is 6.07 Å². The van der Waals surface area contributed by atoms with Crippen molar-refractivity contribution >= 4 is 17.2 Å². The summed E-state index contributed by atoms with van der Waals surface area (Å²) in [4.78, 5) is 14.2. The highest BCUT2D eigenvalue weighted by Crippen LogP contribution is 2.26. The first-order chi connectivity index (χ1) is 8.83. The first kappa shape index (κ1) is 12.1. The van der Waals surface area contributed by atoms with E-state index in [1.54, 1.807) is 11.3 Å². The molecule has 0 bridgehead atoms. The predicted octanol–water partition coefficient (Wildman–Crippen LogP) is 1.51. The third-order valence-corrected chi connectivity index (χ3v) is 4.79. The molecule has 4 nitrogen and oxygen atoms in total. The number of hydrogen-bond donors (Lipinski definition) is 2. The first-order valence-corrected chi connectivity index (χ1v) is 7.33. The van der Waals surface area contributed by atoms with Gasteiger partial charge in [-0.15, -0.1) is 11.3 Å². The zero-order chi connectivity index (χ0) is 12.4. The Labute approximate surface area is 111 Å². The van der Waals surface area contributed by atoms with Gasteiger partial charge in [-0.1, -0.05) is 0 Å². The van der Waals surface area contributed by atoms with Crippen molar-refractivity contribution in [2.45, 2.75) is 25.9 Å². The van der Waals surface area contributed by atoms with Crippen molar-refractivity contribution < 1.29 is 9.53 Å². The highest BCUT2D eigenvalue weighted by atomic mass is 32.1. The van der Waals surface area contributed by atoms with Crippen LogP contribution >= 0.6 is 11.3 Å². The zero-order valence-electron chi connectivity index (χ0n) is 10.3. The molecule has 1 fully saturated rings. The molecule has 0 unspecified atom stereocenters. The van der Waals surface area contributed by atoms with E-state index in [9.17, 15) is 4.79 Å². The van der Waals surface area contributed by atoms with Crippen LogP contribution in [0.1, 0.15) is 33.0 Å². The Kier molecular flexibility index (Phi) is 3.63. The molecule has 1 aromatic heterocycles. The standard InChI is InChI=1S/C13H18N2O2S/c16-13(15-6-9-1-3-17-4-2-9)11-5-10-7-14-8-12(10)18-11/h5,9,14H,1-4,6-8H2,(H,15,16). The van der Waals surface area contributed by atoms with Gasteiger partial charge in [0.15, 0.2) is 0 Å². The molecule has 0 atom stereocenters. The van der Waals surface area contributed by atoms with Crippen LogP contribution in [0.25, 0.3) is 0 Å². The quantitative estimate of drug-likeness (QED) is 0.872. The molecule has 0 spiro atoms. The van der Waals surface area contributed by atoms with Crippen LogP contribution in [-0.2, 0) is 17.8 Å². The summed E-state index contributed by atoms with van der Waals surface area (Å²) in [7, 11) is 0. The lowest BCUT2D eigenvalue weighted by molar-refractivity contribution is 0.0643. The van der Waals surface area contributed by atoms with E-state index in [0.29, 0.717) is 5.92 Å². The maximum atomic E-state index is 12.0. The number of nitrogens with one attached hydrogen (secondary N) is 2. The Balaban J connectivity index is 1.54. The predicted molar refractivity (Wildman–Crippen MR) is 70.7 cm³/mol. The second kappa shape index (κ2) is 5.38. The number of carbonyl (C=O) groups excluding carboxylic acids is 1. The molecule has 3 rings (SSSR count). The molecule has 0 aliphatic carbocycles. The van der Waals surface area contributed by atoms with Gasteiger partial charge in [-0.25, -0.2) is 0 Å². The van der Waals surface area contributed by atoms with Crippen molar-refractivity contribution in [3.63, 3.8) is 0 Å². The lowest BCUT2D eigenvalue weighted by Gasteiger charge is -2.21. The maximum absolute atomic E-state index is 12.0. The van der Waals surface area contributed by atoms with Crippen LogP contribution in [0.3, 0.4) is 0 Å². The molecule has 1 amide bonds. The molecule has 18 heavy (non-hydrogen) atoms. The molecule has 2 aliphatic heterocycles. The van der Waals surface area contributed by atoms with Crippen LogP contribution in [0.5, 0.6) is 0 Å². The van der Waals surface area contributed by atoms with E-state index < -0.39 is 0 Å². The van der Waals surface area contributed by atoms with Crippen molar-refractivity contribution in [3.05, 3.63) is 21.4 Å². The summed E-state index contributed by atoms with van der Waals surface area (Å²) in [5, 5.41) is 6.34. The Morgan fingerprint density at radius 1 is 1.44 bits per heavy atom. The fourth-order valence-corrected chi connectivity index (χ4v) is 3.53. The Morgan fingerprint density at radius 2 is 2.28 bits per heavy atom. The van der Waals surface area contributed by atoms with Gasteiger partial charge in [0, 0.05) is 37.7 Å². The van der Waals surface area contributed by atoms with Gasteiger partial charge in [0.05, 0.1) is 4.88 Å². The normalized spacial score (nSPS) is 19.8. The van der Waals surface area contributed by atoms with E-state index in [4.69, 9.17) is 4.74 Å². The highest BCUT2D eigenvalue weighted by Gasteiger charge is 2.19. The molecule has 2 N–H and O–H groups in total. The molecule has 0 aromatic carbocycles. The van der Waals surface area contributed by atoms with E-state index in [1.165, 1.54) is 10.4 Å². The largest absolute Gasteiger partial charge is 0.381 e. The third kappa shape index (κ3) is 2.58. The summed E-state index contributed by atoms with van der Waals surface area (Å²) < 4.78 is 5.31. The van der Waals surface area contributed by atoms with Crippen LogP contribution < -0.4 is 10.6 Å². The topological polar surface area (TPSA) is 50.4 Å². The number of amides is 1. The lowest BCUT2D eigenvalue weighted by Crippen LogP contribution is -2.31.